The van der Waals surface area contributed by atoms with E-state index in [9.17, 15) is 9.90 Å². The number of aliphatic carboxylic acids is 1. The number of carboxylic acid groups (broad SMARTS) is 1. The molecule has 0 unspecified atom stereocenters. The number of rotatable bonds is 3. The van der Waals surface area contributed by atoms with Gasteiger partial charge in [-0.2, -0.15) is 0 Å². The molecule has 0 bridgehead atoms. The highest BCUT2D eigenvalue weighted by Gasteiger charge is 2.15. The van der Waals surface area contributed by atoms with E-state index in [2.05, 4.69) is 0 Å². The first-order chi connectivity index (χ1) is 7.99. The number of phenolic OH excluding ortho intramolecular Hbond substituents is 1. The van der Waals surface area contributed by atoms with Gasteiger partial charge in [-0.25, -0.2) is 0 Å². The summed E-state index contributed by atoms with van der Waals surface area (Å²) in [5.74, 6) is -0.865. The van der Waals surface area contributed by atoms with Gasteiger partial charge in [-0.15, -0.1) is 0 Å². The van der Waals surface area contributed by atoms with E-state index in [4.69, 9.17) is 10.8 Å². The summed E-state index contributed by atoms with van der Waals surface area (Å²) in [6.07, 6.45) is 2.09. The number of nitrogens with zero attached hydrogens (tertiary/aromatic N) is 1. The zero-order valence-corrected chi connectivity index (χ0v) is 9.42. The van der Waals surface area contributed by atoms with Gasteiger partial charge in [0.2, 0.25) is 0 Å². The van der Waals surface area contributed by atoms with E-state index >= 15 is 0 Å². The van der Waals surface area contributed by atoms with Crippen molar-refractivity contribution in [2.24, 2.45) is 12.8 Å². The lowest BCUT2D eigenvalue weighted by atomic mass is 10.1. The molecule has 90 valence electrons. The molecule has 0 aliphatic carbocycles. The van der Waals surface area contributed by atoms with Crippen LogP contribution < -0.4 is 5.73 Å². The maximum atomic E-state index is 10.7. The fourth-order valence-corrected chi connectivity index (χ4v) is 1.95. The van der Waals surface area contributed by atoms with E-state index in [1.807, 2.05) is 17.8 Å². The monoisotopic (exact) mass is 234 g/mol. The standard InChI is InChI=1S/C12H14N2O3/c1-14-6-7(4-10(13)12(16)17)9-5-8(15)2-3-11(9)14/h2-3,5-6,10,15H,4,13H2,1H3,(H,16,17)/t10-/m0/s1. The number of benzene rings is 1. The Balaban J connectivity index is 2.47. The van der Waals surface area contributed by atoms with E-state index in [1.165, 1.54) is 0 Å². The lowest BCUT2D eigenvalue weighted by Gasteiger charge is -2.04. The highest BCUT2D eigenvalue weighted by atomic mass is 16.4. The van der Waals surface area contributed by atoms with E-state index in [0.717, 1.165) is 16.5 Å². The van der Waals surface area contributed by atoms with Crippen molar-refractivity contribution in [3.05, 3.63) is 30.0 Å². The average molecular weight is 234 g/mol. The van der Waals surface area contributed by atoms with Gasteiger partial charge >= 0.3 is 5.97 Å². The zero-order valence-electron chi connectivity index (χ0n) is 9.42. The molecule has 17 heavy (non-hydrogen) atoms. The van der Waals surface area contributed by atoms with Gasteiger partial charge in [-0.1, -0.05) is 0 Å². The summed E-state index contributed by atoms with van der Waals surface area (Å²) in [6.45, 7) is 0. The summed E-state index contributed by atoms with van der Waals surface area (Å²) in [7, 11) is 1.87. The van der Waals surface area contributed by atoms with Crippen LogP contribution in [0.5, 0.6) is 5.75 Å². The molecule has 1 aromatic carbocycles. The van der Waals surface area contributed by atoms with E-state index in [-0.39, 0.29) is 12.2 Å². The number of fused-ring (bicyclic) bond motifs is 1. The number of nitrogens with two attached hydrogens (primary N) is 1. The van der Waals surface area contributed by atoms with Gasteiger partial charge in [0.25, 0.3) is 0 Å². The molecule has 1 atom stereocenters. The number of aromatic nitrogens is 1. The van der Waals surface area contributed by atoms with Gasteiger partial charge in [0.05, 0.1) is 0 Å². The van der Waals surface area contributed by atoms with Crippen molar-refractivity contribution in [3.8, 4) is 5.75 Å². The first-order valence-electron chi connectivity index (χ1n) is 5.24. The Morgan fingerprint density at radius 2 is 2.24 bits per heavy atom. The van der Waals surface area contributed by atoms with Crippen molar-refractivity contribution >= 4 is 16.9 Å². The van der Waals surface area contributed by atoms with Crippen LogP contribution in [0, 0.1) is 0 Å². The molecule has 1 heterocycles. The Morgan fingerprint density at radius 3 is 2.88 bits per heavy atom. The Bertz CT molecular complexity index is 574. The van der Waals surface area contributed by atoms with E-state index < -0.39 is 12.0 Å². The van der Waals surface area contributed by atoms with Crippen LogP contribution in [0.2, 0.25) is 0 Å². The minimum absolute atomic E-state index is 0.161. The van der Waals surface area contributed by atoms with Crippen LogP contribution in [-0.2, 0) is 18.3 Å². The number of phenols is 1. The molecule has 0 spiro atoms. The number of aromatic hydroxyl groups is 1. The van der Waals surface area contributed by atoms with E-state index in [1.54, 1.807) is 18.2 Å². The molecule has 1 aromatic heterocycles. The molecule has 0 fully saturated rings. The number of aryl methyl sites for hydroxylation is 1. The first-order valence-corrected chi connectivity index (χ1v) is 5.24. The van der Waals surface area contributed by atoms with Crippen LogP contribution >= 0.6 is 0 Å². The quantitative estimate of drug-likeness (QED) is 0.734. The largest absolute Gasteiger partial charge is 0.508 e. The first kappa shape index (κ1) is 11.5. The van der Waals surface area contributed by atoms with Crippen molar-refractivity contribution in [1.82, 2.24) is 4.57 Å². The normalized spacial score (nSPS) is 12.8. The molecule has 5 nitrogen and oxygen atoms in total. The molecular formula is C12H14N2O3. The topological polar surface area (TPSA) is 88.5 Å². The smallest absolute Gasteiger partial charge is 0.320 e. The van der Waals surface area contributed by atoms with Crippen molar-refractivity contribution < 1.29 is 15.0 Å². The molecule has 0 amide bonds. The van der Waals surface area contributed by atoms with Gasteiger partial charge in [0.15, 0.2) is 0 Å². The molecule has 5 heteroatoms. The molecule has 4 N–H and O–H groups in total. The third-order valence-electron chi connectivity index (χ3n) is 2.81. The molecule has 0 aliphatic heterocycles. The predicted molar refractivity (Wildman–Crippen MR) is 63.9 cm³/mol. The van der Waals surface area contributed by atoms with Crippen LogP contribution in [0.4, 0.5) is 0 Å². The van der Waals surface area contributed by atoms with Crippen molar-refractivity contribution in [2.45, 2.75) is 12.5 Å². The van der Waals surface area contributed by atoms with Crippen LogP contribution in [0.3, 0.4) is 0 Å². The minimum Gasteiger partial charge on any atom is -0.508 e. The van der Waals surface area contributed by atoms with Gasteiger partial charge in [0.1, 0.15) is 11.8 Å². The Labute approximate surface area is 98.1 Å². The Hall–Kier alpha value is -2.01. The van der Waals surface area contributed by atoms with Crippen LogP contribution in [0.1, 0.15) is 5.56 Å². The third-order valence-corrected chi connectivity index (χ3v) is 2.81. The second-order valence-corrected chi connectivity index (χ2v) is 4.12. The van der Waals surface area contributed by atoms with Gasteiger partial charge in [0, 0.05) is 30.6 Å². The predicted octanol–water partition coefficient (Wildman–Crippen LogP) is 0.838. The number of carbonyl (C=O) groups is 1. The molecule has 2 aromatic rings. The summed E-state index contributed by atoms with van der Waals surface area (Å²) in [4.78, 5) is 10.7. The van der Waals surface area contributed by atoms with E-state index in [0.29, 0.717) is 0 Å². The summed E-state index contributed by atoms with van der Waals surface area (Å²) in [6, 6.07) is 4.09. The van der Waals surface area contributed by atoms with Crippen molar-refractivity contribution in [3.63, 3.8) is 0 Å². The third kappa shape index (κ3) is 2.09. The molecule has 0 radical (unpaired) electrons. The SMILES string of the molecule is Cn1cc(C[C@H](N)C(=O)O)c2cc(O)ccc21. The molecule has 0 saturated heterocycles. The lowest BCUT2D eigenvalue weighted by molar-refractivity contribution is -0.138. The lowest BCUT2D eigenvalue weighted by Crippen LogP contribution is -2.32. The molecule has 2 rings (SSSR count). The highest BCUT2D eigenvalue weighted by molar-refractivity contribution is 5.86. The zero-order chi connectivity index (χ0) is 12.6. The minimum atomic E-state index is -1.03. The molecule has 0 aliphatic rings. The maximum absolute atomic E-state index is 10.7. The number of hydrogen-bond donors (Lipinski definition) is 3. The average Bonchev–Trinajstić information content (AvgIpc) is 2.55. The van der Waals surface area contributed by atoms with Crippen LogP contribution in [-0.4, -0.2) is 26.8 Å². The summed E-state index contributed by atoms with van der Waals surface area (Å²) in [5, 5.41) is 19.1. The number of hydrogen-bond acceptors (Lipinski definition) is 3. The molecule has 0 saturated carbocycles. The van der Waals surface area contributed by atoms with Gasteiger partial charge in [-0.3, -0.25) is 4.79 Å². The van der Waals surface area contributed by atoms with Crippen molar-refractivity contribution in [2.75, 3.05) is 0 Å². The second-order valence-electron chi connectivity index (χ2n) is 4.12. The van der Waals surface area contributed by atoms with Gasteiger partial charge in [-0.05, 0) is 23.8 Å². The van der Waals surface area contributed by atoms with Crippen molar-refractivity contribution in [1.29, 1.82) is 0 Å². The Morgan fingerprint density at radius 1 is 1.53 bits per heavy atom. The fourth-order valence-electron chi connectivity index (χ4n) is 1.95. The summed E-state index contributed by atoms with van der Waals surface area (Å²) < 4.78 is 1.89. The highest BCUT2D eigenvalue weighted by Crippen LogP contribution is 2.25. The van der Waals surface area contributed by atoms with Crippen LogP contribution in [0.15, 0.2) is 24.4 Å². The Kier molecular flexibility index (Phi) is 2.77. The number of carboxylic acids is 1. The molecular weight excluding hydrogens is 220 g/mol. The summed E-state index contributed by atoms with van der Waals surface area (Å²) in [5.41, 5.74) is 7.28. The summed E-state index contributed by atoms with van der Waals surface area (Å²) >= 11 is 0. The van der Waals surface area contributed by atoms with Crippen LogP contribution in [0.25, 0.3) is 10.9 Å². The fraction of sp³-hybridized carbons (Fsp3) is 0.250. The maximum Gasteiger partial charge on any atom is 0.320 e. The second kappa shape index (κ2) is 4.10. The van der Waals surface area contributed by atoms with Gasteiger partial charge < -0.3 is 20.5 Å².